The molecule has 0 saturated carbocycles. The van der Waals surface area contributed by atoms with E-state index in [1.165, 1.54) is 5.56 Å². The van der Waals surface area contributed by atoms with Gasteiger partial charge in [-0.25, -0.2) is 5.43 Å². The summed E-state index contributed by atoms with van der Waals surface area (Å²) >= 11 is 0. The lowest BCUT2D eigenvalue weighted by Gasteiger charge is -2.37. The Morgan fingerprint density at radius 3 is 2.96 bits per heavy atom. The Morgan fingerprint density at radius 2 is 2.08 bits per heavy atom. The molecule has 25 heavy (non-hydrogen) atoms. The molecule has 2 N–H and O–H groups in total. The molecule has 1 aromatic rings. The summed E-state index contributed by atoms with van der Waals surface area (Å²) in [7, 11) is 0. The Labute approximate surface area is 146 Å². The summed E-state index contributed by atoms with van der Waals surface area (Å²) in [5, 5.41) is 0. The zero-order chi connectivity index (χ0) is 16.8. The van der Waals surface area contributed by atoms with Crippen molar-refractivity contribution in [2.75, 3.05) is 33.1 Å². The maximum atomic E-state index is 12.8. The second kappa shape index (κ2) is 6.16. The molecule has 1 aromatic carbocycles. The largest absolute Gasteiger partial charge is 0.454 e. The quantitative estimate of drug-likeness (QED) is 0.827. The Balaban J connectivity index is 1.34. The average Bonchev–Trinajstić information content (AvgIpc) is 3.39. The average molecular weight is 345 g/mol. The number of carbonyl (C=O) groups excluding carboxylic acids is 1. The number of piperidine rings is 1. The molecule has 134 valence electrons. The molecule has 0 aliphatic carbocycles. The topological polar surface area (TPSA) is 72.1 Å². The van der Waals surface area contributed by atoms with Crippen LogP contribution in [0, 0.1) is 11.8 Å². The first kappa shape index (κ1) is 15.4. The van der Waals surface area contributed by atoms with Gasteiger partial charge in [0.25, 0.3) is 0 Å². The Hall–Kier alpha value is -1.83. The molecular weight excluding hydrogens is 322 g/mol. The van der Waals surface area contributed by atoms with Crippen LogP contribution in [0.3, 0.4) is 0 Å². The van der Waals surface area contributed by atoms with Gasteiger partial charge in [-0.15, -0.1) is 0 Å². The van der Waals surface area contributed by atoms with Crippen LogP contribution in [0.15, 0.2) is 18.2 Å². The fourth-order valence-electron chi connectivity index (χ4n) is 4.43. The maximum Gasteiger partial charge on any atom is 0.231 e. The number of fused-ring (bicyclic) bond motifs is 2. The minimum atomic E-state index is 0.0443. The summed E-state index contributed by atoms with van der Waals surface area (Å²) in [5.41, 5.74) is 8.01. The van der Waals surface area contributed by atoms with Gasteiger partial charge in [0, 0.05) is 31.7 Å². The third kappa shape index (κ3) is 2.67. The first-order chi connectivity index (χ1) is 12.3. The van der Waals surface area contributed by atoms with Crippen molar-refractivity contribution < 1.29 is 19.0 Å². The number of hydrazine groups is 1. The first-order valence-corrected chi connectivity index (χ1v) is 9.07. The van der Waals surface area contributed by atoms with E-state index in [4.69, 9.17) is 14.2 Å². The van der Waals surface area contributed by atoms with E-state index in [1.54, 1.807) is 0 Å². The molecule has 4 aliphatic heterocycles. The third-order valence-electron chi connectivity index (χ3n) is 5.86. The SMILES string of the molecule is O=C(C1CCOC1)N1CCC2NNC(c3ccc4c(c3)OCO4)C2C1. The van der Waals surface area contributed by atoms with Gasteiger partial charge in [-0.1, -0.05) is 6.07 Å². The summed E-state index contributed by atoms with van der Waals surface area (Å²) in [6, 6.07) is 6.65. The summed E-state index contributed by atoms with van der Waals surface area (Å²) in [4.78, 5) is 14.8. The van der Waals surface area contributed by atoms with Crippen LogP contribution in [0.2, 0.25) is 0 Å². The Kier molecular flexibility index (Phi) is 3.80. The number of nitrogens with zero attached hydrogens (tertiary/aromatic N) is 1. The second-order valence-corrected chi connectivity index (χ2v) is 7.28. The maximum absolute atomic E-state index is 12.8. The summed E-state index contributed by atoms with van der Waals surface area (Å²) in [5.74, 6) is 2.25. The zero-order valence-electron chi connectivity index (χ0n) is 14.1. The lowest BCUT2D eigenvalue weighted by Crippen LogP contribution is -2.49. The van der Waals surface area contributed by atoms with Crippen LogP contribution in [0.4, 0.5) is 0 Å². The van der Waals surface area contributed by atoms with Crippen LogP contribution in [0.5, 0.6) is 11.5 Å². The molecule has 4 atom stereocenters. The van der Waals surface area contributed by atoms with Gasteiger partial charge in [0.15, 0.2) is 11.5 Å². The van der Waals surface area contributed by atoms with Crippen molar-refractivity contribution in [2.24, 2.45) is 11.8 Å². The molecule has 7 heteroatoms. The van der Waals surface area contributed by atoms with E-state index >= 15 is 0 Å². The van der Waals surface area contributed by atoms with Crippen molar-refractivity contribution in [3.8, 4) is 11.5 Å². The Bertz CT molecular complexity index is 676. The molecule has 0 aromatic heterocycles. The van der Waals surface area contributed by atoms with Crippen LogP contribution in [-0.4, -0.2) is 49.9 Å². The van der Waals surface area contributed by atoms with E-state index in [-0.39, 0.29) is 24.7 Å². The van der Waals surface area contributed by atoms with Gasteiger partial charge in [-0.05, 0) is 30.5 Å². The molecule has 3 saturated heterocycles. The minimum absolute atomic E-state index is 0.0443. The predicted octanol–water partition coefficient (Wildman–Crippen LogP) is 0.818. The van der Waals surface area contributed by atoms with Gasteiger partial charge in [-0.3, -0.25) is 10.2 Å². The van der Waals surface area contributed by atoms with Crippen molar-refractivity contribution >= 4 is 5.91 Å². The molecule has 0 radical (unpaired) electrons. The molecule has 1 amide bonds. The Morgan fingerprint density at radius 1 is 1.16 bits per heavy atom. The van der Waals surface area contributed by atoms with Gasteiger partial charge in [0.2, 0.25) is 12.7 Å². The highest BCUT2D eigenvalue weighted by atomic mass is 16.7. The standard InChI is InChI=1S/C18H23N3O4/c22-18(12-4-6-23-9-12)21-5-3-14-13(8-21)17(20-19-14)11-1-2-15-16(7-11)25-10-24-15/h1-2,7,12-14,17,19-20H,3-6,8-10H2. The highest BCUT2D eigenvalue weighted by Gasteiger charge is 2.43. The number of likely N-dealkylation sites (tertiary alicyclic amines) is 1. The van der Waals surface area contributed by atoms with Crippen LogP contribution in [-0.2, 0) is 9.53 Å². The lowest BCUT2D eigenvalue weighted by atomic mass is 9.84. The summed E-state index contributed by atoms with van der Waals surface area (Å²) in [6.07, 6.45) is 1.82. The zero-order valence-corrected chi connectivity index (χ0v) is 14.1. The van der Waals surface area contributed by atoms with E-state index in [9.17, 15) is 4.79 Å². The first-order valence-electron chi connectivity index (χ1n) is 9.07. The highest BCUT2D eigenvalue weighted by Crippen LogP contribution is 2.39. The number of ether oxygens (including phenoxy) is 3. The molecular formula is C18H23N3O4. The van der Waals surface area contributed by atoms with Crippen molar-refractivity contribution in [3.05, 3.63) is 23.8 Å². The van der Waals surface area contributed by atoms with E-state index in [0.717, 1.165) is 37.4 Å². The molecule has 0 spiro atoms. The smallest absolute Gasteiger partial charge is 0.231 e. The van der Waals surface area contributed by atoms with Crippen molar-refractivity contribution in [2.45, 2.75) is 24.9 Å². The molecule has 4 heterocycles. The fraction of sp³-hybridized carbons (Fsp3) is 0.611. The van der Waals surface area contributed by atoms with Crippen LogP contribution in [0.1, 0.15) is 24.4 Å². The van der Waals surface area contributed by atoms with Crippen molar-refractivity contribution in [3.63, 3.8) is 0 Å². The monoisotopic (exact) mass is 345 g/mol. The highest BCUT2D eigenvalue weighted by molar-refractivity contribution is 5.79. The predicted molar refractivity (Wildman–Crippen MR) is 89.0 cm³/mol. The van der Waals surface area contributed by atoms with Gasteiger partial charge in [-0.2, -0.15) is 0 Å². The van der Waals surface area contributed by atoms with Crippen LogP contribution < -0.4 is 20.3 Å². The lowest BCUT2D eigenvalue weighted by molar-refractivity contribution is -0.137. The van der Waals surface area contributed by atoms with Gasteiger partial charge < -0.3 is 19.1 Å². The van der Waals surface area contributed by atoms with Gasteiger partial charge in [0.05, 0.1) is 18.6 Å². The summed E-state index contributed by atoms with van der Waals surface area (Å²) in [6.45, 7) is 3.16. The molecule has 7 nitrogen and oxygen atoms in total. The van der Waals surface area contributed by atoms with Crippen molar-refractivity contribution in [1.29, 1.82) is 0 Å². The number of hydrogen-bond acceptors (Lipinski definition) is 6. The second-order valence-electron chi connectivity index (χ2n) is 7.28. The van der Waals surface area contributed by atoms with E-state index in [0.29, 0.717) is 25.2 Å². The number of carbonyl (C=O) groups is 1. The molecule has 4 aliphatic rings. The number of hydrogen-bond donors (Lipinski definition) is 2. The van der Waals surface area contributed by atoms with Gasteiger partial charge >= 0.3 is 0 Å². The molecule has 0 bridgehead atoms. The number of benzene rings is 1. The number of amides is 1. The van der Waals surface area contributed by atoms with E-state index < -0.39 is 0 Å². The normalized spacial score (nSPS) is 33.5. The van der Waals surface area contributed by atoms with Gasteiger partial charge in [0.1, 0.15) is 0 Å². The van der Waals surface area contributed by atoms with E-state index in [1.807, 2.05) is 11.0 Å². The molecule has 3 fully saturated rings. The summed E-state index contributed by atoms with van der Waals surface area (Å²) < 4.78 is 16.3. The fourth-order valence-corrected chi connectivity index (χ4v) is 4.43. The van der Waals surface area contributed by atoms with Crippen LogP contribution >= 0.6 is 0 Å². The van der Waals surface area contributed by atoms with Crippen LogP contribution in [0.25, 0.3) is 0 Å². The number of rotatable bonds is 2. The number of nitrogens with one attached hydrogen (secondary N) is 2. The molecule has 4 unspecified atom stereocenters. The molecule has 5 rings (SSSR count). The van der Waals surface area contributed by atoms with E-state index in [2.05, 4.69) is 23.0 Å². The minimum Gasteiger partial charge on any atom is -0.454 e. The third-order valence-corrected chi connectivity index (χ3v) is 5.86. The van der Waals surface area contributed by atoms with Crippen molar-refractivity contribution in [1.82, 2.24) is 15.8 Å².